The molecule has 0 spiro atoms. The molecule has 1 saturated carbocycles. The molecule has 1 aromatic heterocycles. The standard InChI is InChI=1S/C17H26N2OS.ClH/c1-18-12-14-7-10-19(13-14)16(20)17(8-3-2-4-9-17)15-6-5-11-21-15;/h5-6,11,14,18H,2-4,7-10,12-13H2,1H3;1H. The van der Waals surface area contributed by atoms with Gasteiger partial charge in [0.15, 0.2) is 0 Å². The smallest absolute Gasteiger partial charge is 0.234 e. The molecule has 1 amide bonds. The van der Waals surface area contributed by atoms with Crippen molar-refractivity contribution in [1.29, 1.82) is 0 Å². The van der Waals surface area contributed by atoms with Crippen molar-refractivity contribution in [3.63, 3.8) is 0 Å². The molecule has 1 saturated heterocycles. The highest BCUT2D eigenvalue weighted by atomic mass is 35.5. The van der Waals surface area contributed by atoms with Crippen LogP contribution >= 0.6 is 23.7 Å². The zero-order valence-corrected chi connectivity index (χ0v) is 15.0. The van der Waals surface area contributed by atoms with Gasteiger partial charge in [-0.2, -0.15) is 0 Å². The van der Waals surface area contributed by atoms with Crippen LogP contribution in [0.2, 0.25) is 0 Å². The van der Waals surface area contributed by atoms with E-state index in [0.717, 1.165) is 38.9 Å². The first kappa shape index (κ1) is 17.8. The Hall–Kier alpha value is -0.580. The van der Waals surface area contributed by atoms with Gasteiger partial charge in [-0.3, -0.25) is 4.79 Å². The number of thiophene rings is 1. The number of carbonyl (C=O) groups excluding carboxylic acids is 1. The number of likely N-dealkylation sites (tertiary alicyclic amines) is 1. The monoisotopic (exact) mass is 342 g/mol. The summed E-state index contributed by atoms with van der Waals surface area (Å²) in [5, 5.41) is 5.37. The lowest BCUT2D eigenvalue weighted by molar-refractivity contribution is -0.137. The maximum absolute atomic E-state index is 13.3. The summed E-state index contributed by atoms with van der Waals surface area (Å²) in [6, 6.07) is 4.27. The first-order valence-corrected chi connectivity index (χ1v) is 9.12. The van der Waals surface area contributed by atoms with Crippen molar-refractivity contribution >= 4 is 29.7 Å². The molecule has 0 bridgehead atoms. The molecule has 5 heteroatoms. The topological polar surface area (TPSA) is 32.3 Å². The second kappa shape index (κ2) is 7.80. The van der Waals surface area contributed by atoms with E-state index in [1.807, 2.05) is 7.05 Å². The Balaban J connectivity index is 0.00000176. The number of amides is 1. The Kier molecular flexibility index (Phi) is 6.30. The number of nitrogens with zero attached hydrogens (tertiary/aromatic N) is 1. The zero-order chi connectivity index (χ0) is 14.7. The molecule has 2 aliphatic rings. The SMILES string of the molecule is CNCC1CCN(C(=O)C2(c3cccs3)CCCCC2)C1.Cl. The van der Waals surface area contributed by atoms with Crippen LogP contribution in [0.5, 0.6) is 0 Å². The van der Waals surface area contributed by atoms with E-state index in [1.165, 1.54) is 24.1 Å². The van der Waals surface area contributed by atoms with E-state index in [0.29, 0.717) is 11.8 Å². The van der Waals surface area contributed by atoms with Gasteiger partial charge in [-0.1, -0.05) is 25.3 Å². The Morgan fingerprint density at radius 2 is 2.18 bits per heavy atom. The van der Waals surface area contributed by atoms with Crippen molar-refractivity contribution < 1.29 is 4.79 Å². The normalized spacial score (nSPS) is 24.0. The van der Waals surface area contributed by atoms with Crippen molar-refractivity contribution in [1.82, 2.24) is 10.2 Å². The van der Waals surface area contributed by atoms with E-state index in [-0.39, 0.29) is 17.8 Å². The predicted molar refractivity (Wildman–Crippen MR) is 94.9 cm³/mol. The molecule has 124 valence electrons. The molecule has 0 radical (unpaired) electrons. The molecule has 1 aliphatic heterocycles. The number of hydrogen-bond donors (Lipinski definition) is 1. The van der Waals surface area contributed by atoms with Crippen LogP contribution in [0.25, 0.3) is 0 Å². The van der Waals surface area contributed by atoms with Gasteiger partial charge in [0.05, 0.1) is 5.41 Å². The predicted octanol–water partition coefficient (Wildman–Crippen LogP) is 3.44. The van der Waals surface area contributed by atoms with Crippen molar-refractivity contribution in [2.24, 2.45) is 5.92 Å². The molecule has 1 atom stereocenters. The minimum Gasteiger partial charge on any atom is -0.342 e. The summed E-state index contributed by atoms with van der Waals surface area (Å²) in [7, 11) is 2.00. The Labute approximate surface area is 143 Å². The molecular weight excluding hydrogens is 316 g/mol. The van der Waals surface area contributed by atoms with Crippen LogP contribution in [-0.2, 0) is 10.2 Å². The third-order valence-electron chi connectivity index (χ3n) is 5.18. The first-order chi connectivity index (χ1) is 10.3. The lowest BCUT2D eigenvalue weighted by Crippen LogP contribution is -2.47. The largest absolute Gasteiger partial charge is 0.342 e. The number of nitrogens with one attached hydrogen (secondary N) is 1. The van der Waals surface area contributed by atoms with Gasteiger partial charge in [-0.15, -0.1) is 23.7 Å². The maximum atomic E-state index is 13.3. The Morgan fingerprint density at radius 1 is 1.41 bits per heavy atom. The molecule has 3 nitrogen and oxygen atoms in total. The van der Waals surface area contributed by atoms with Gasteiger partial charge in [0.1, 0.15) is 0 Å². The summed E-state index contributed by atoms with van der Waals surface area (Å²) in [5.74, 6) is 1.03. The summed E-state index contributed by atoms with van der Waals surface area (Å²) in [4.78, 5) is 16.7. The van der Waals surface area contributed by atoms with Crippen molar-refractivity contribution in [2.45, 2.75) is 43.9 Å². The molecule has 1 aromatic rings. The number of hydrogen-bond acceptors (Lipinski definition) is 3. The van der Waals surface area contributed by atoms with E-state index in [1.54, 1.807) is 11.3 Å². The summed E-state index contributed by atoms with van der Waals surface area (Å²) < 4.78 is 0. The Bertz CT molecular complexity index is 471. The van der Waals surface area contributed by atoms with E-state index < -0.39 is 0 Å². The van der Waals surface area contributed by atoms with Crippen LogP contribution in [-0.4, -0.2) is 37.5 Å². The average molecular weight is 343 g/mol. The minimum absolute atomic E-state index is 0. The lowest BCUT2D eigenvalue weighted by Gasteiger charge is -2.38. The van der Waals surface area contributed by atoms with Crippen LogP contribution in [0.15, 0.2) is 17.5 Å². The number of carbonyl (C=O) groups is 1. The minimum atomic E-state index is -0.207. The molecule has 1 aliphatic carbocycles. The van der Waals surface area contributed by atoms with Crippen LogP contribution in [0.3, 0.4) is 0 Å². The van der Waals surface area contributed by atoms with Crippen LogP contribution < -0.4 is 5.32 Å². The van der Waals surface area contributed by atoms with E-state index in [4.69, 9.17) is 0 Å². The molecule has 1 N–H and O–H groups in total. The second-order valence-electron chi connectivity index (χ2n) is 6.58. The van der Waals surface area contributed by atoms with Crippen LogP contribution in [0, 0.1) is 5.92 Å². The fraction of sp³-hybridized carbons (Fsp3) is 0.706. The fourth-order valence-electron chi connectivity index (χ4n) is 4.05. The average Bonchev–Trinajstić information content (AvgIpc) is 3.19. The maximum Gasteiger partial charge on any atom is 0.234 e. The van der Waals surface area contributed by atoms with Gasteiger partial charge in [-0.25, -0.2) is 0 Å². The molecular formula is C17H27ClN2OS. The highest BCUT2D eigenvalue weighted by Crippen LogP contribution is 2.43. The molecule has 1 unspecified atom stereocenters. The summed E-state index contributed by atoms with van der Waals surface area (Å²) in [6.07, 6.45) is 6.89. The third-order valence-corrected chi connectivity index (χ3v) is 6.25. The third kappa shape index (κ3) is 3.34. The molecule has 2 fully saturated rings. The zero-order valence-electron chi connectivity index (χ0n) is 13.3. The molecule has 2 heterocycles. The van der Waals surface area contributed by atoms with E-state index >= 15 is 0 Å². The van der Waals surface area contributed by atoms with Crippen molar-refractivity contribution in [2.75, 3.05) is 26.7 Å². The van der Waals surface area contributed by atoms with Crippen molar-refractivity contribution in [3.05, 3.63) is 22.4 Å². The highest BCUT2D eigenvalue weighted by Gasteiger charge is 2.45. The van der Waals surface area contributed by atoms with Gasteiger partial charge in [0.25, 0.3) is 0 Å². The van der Waals surface area contributed by atoms with E-state index in [2.05, 4.69) is 27.7 Å². The summed E-state index contributed by atoms with van der Waals surface area (Å²) in [6.45, 7) is 2.90. The van der Waals surface area contributed by atoms with Crippen LogP contribution in [0.1, 0.15) is 43.4 Å². The lowest BCUT2D eigenvalue weighted by atomic mass is 9.72. The van der Waals surface area contributed by atoms with Crippen LogP contribution in [0.4, 0.5) is 0 Å². The molecule has 22 heavy (non-hydrogen) atoms. The Morgan fingerprint density at radius 3 is 2.82 bits per heavy atom. The molecule has 3 rings (SSSR count). The summed E-state index contributed by atoms with van der Waals surface area (Å²) >= 11 is 1.77. The fourth-order valence-corrected chi connectivity index (χ4v) is 5.02. The van der Waals surface area contributed by atoms with Gasteiger partial charge in [0.2, 0.25) is 5.91 Å². The second-order valence-corrected chi connectivity index (χ2v) is 7.53. The van der Waals surface area contributed by atoms with E-state index in [9.17, 15) is 4.79 Å². The highest BCUT2D eigenvalue weighted by molar-refractivity contribution is 7.10. The molecule has 0 aromatic carbocycles. The quantitative estimate of drug-likeness (QED) is 0.909. The number of halogens is 1. The van der Waals surface area contributed by atoms with Gasteiger partial charge in [0, 0.05) is 18.0 Å². The first-order valence-electron chi connectivity index (χ1n) is 8.24. The van der Waals surface area contributed by atoms with Crippen molar-refractivity contribution in [3.8, 4) is 0 Å². The van der Waals surface area contributed by atoms with Gasteiger partial charge >= 0.3 is 0 Å². The van der Waals surface area contributed by atoms with Gasteiger partial charge < -0.3 is 10.2 Å². The van der Waals surface area contributed by atoms with Gasteiger partial charge in [-0.05, 0) is 50.2 Å². The summed E-state index contributed by atoms with van der Waals surface area (Å²) in [5.41, 5.74) is -0.207. The number of rotatable bonds is 4.